The van der Waals surface area contributed by atoms with Crippen molar-refractivity contribution in [3.63, 3.8) is 0 Å². The normalized spacial score (nSPS) is 24.0. The minimum absolute atomic E-state index is 0.0123. The highest BCUT2D eigenvalue weighted by molar-refractivity contribution is 5.91. The van der Waals surface area contributed by atoms with E-state index in [1.807, 2.05) is 0 Å². The molecule has 170 valence electrons. The zero-order valence-corrected chi connectivity index (χ0v) is 16.3. The van der Waals surface area contributed by atoms with Gasteiger partial charge < -0.3 is 49.6 Å². The lowest BCUT2D eigenvalue weighted by Crippen LogP contribution is -2.40. The molecule has 2 heterocycles. The quantitative estimate of drug-likeness (QED) is 0.272. The molecule has 1 fully saturated rings. The average Bonchev–Trinajstić information content (AvgIpc) is 3.04. The fourth-order valence-electron chi connectivity index (χ4n) is 3.47. The number of phenols is 3. The van der Waals surface area contributed by atoms with Crippen LogP contribution < -0.4 is 10.2 Å². The van der Waals surface area contributed by atoms with Crippen molar-refractivity contribution in [1.82, 2.24) is 0 Å². The largest absolute Gasteiger partial charge is 0.508 e. The molecule has 0 amide bonds. The summed E-state index contributed by atoms with van der Waals surface area (Å²) in [6.45, 7) is -0.751. The molecule has 32 heavy (non-hydrogen) atoms. The number of hydrogen-bond acceptors (Lipinski definition) is 11. The monoisotopic (exact) mass is 448 g/mol. The summed E-state index contributed by atoms with van der Waals surface area (Å²) in [5.74, 6) is -1.69. The third-order valence-corrected chi connectivity index (χ3v) is 5.12. The molecule has 11 nitrogen and oxygen atoms in total. The molecule has 11 heteroatoms. The van der Waals surface area contributed by atoms with Crippen LogP contribution in [0.3, 0.4) is 0 Å². The van der Waals surface area contributed by atoms with Crippen LogP contribution in [-0.4, -0.2) is 73.1 Å². The molecular weight excluding hydrogens is 428 g/mol. The zero-order valence-electron chi connectivity index (χ0n) is 16.3. The van der Waals surface area contributed by atoms with E-state index in [2.05, 4.69) is 0 Å². The van der Waals surface area contributed by atoms with Gasteiger partial charge in [-0.1, -0.05) is 0 Å². The summed E-state index contributed by atoms with van der Waals surface area (Å²) in [4.78, 5) is 12.7. The van der Waals surface area contributed by atoms with Crippen LogP contribution in [0.1, 0.15) is 0 Å². The van der Waals surface area contributed by atoms with E-state index in [1.165, 1.54) is 24.3 Å². The Morgan fingerprint density at radius 1 is 1.00 bits per heavy atom. The van der Waals surface area contributed by atoms with Crippen molar-refractivity contribution in [2.75, 3.05) is 6.61 Å². The Balaban J connectivity index is 1.80. The van der Waals surface area contributed by atoms with Crippen molar-refractivity contribution in [3.8, 4) is 34.3 Å². The first kappa shape index (κ1) is 21.9. The van der Waals surface area contributed by atoms with Crippen LogP contribution in [0.4, 0.5) is 0 Å². The van der Waals surface area contributed by atoms with Gasteiger partial charge in [0.05, 0.1) is 6.61 Å². The molecule has 0 spiro atoms. The van der Waals surface area contributed by atoms with Gasteiger partial charge in [-0.15, -0.1) is 0 Å². The number of hydrogen-bond donors (Lipinski definition) is 7. The molecule has 1 aliphatic rings. The molecule has 5 atom stereocenters. The smallest absolute Gasteiger partial charge is 0.229 e. The van der Waals surface area contributed by atoms with E-state index < -0.39 is 60.0 Å². The van der Waals surface area contributed by atoms with E-state index >= 15 is 0 Å². The van der Waals surface area contributed by atoms with E-state index in [9.17, 15) is 35.4 Å². The number of rotatable bonds is 5. The second-order valence-corrected chi connectivity index (χ2v) is 7.29. The SMILES string of the molecule is O=c1cc(-c2ccc(O)cc2)oc2c(OC3OC(C(O)CO)C(O)C3O)c(O)cc(O)c12. The number of aliphatic hydroxyl groups is 4. The molecule has 0 saturated carbocycles. The Kier molecular flexibility index (Phi) is 5.67. The second-order valence-electron chi connectivity index (χ2n) is 7.29. The third kappa shape index (κ3) is 3.72. The predicted octanol–water partition coefficient (Wildman–Crippen LogP) is -0.245. The average molecular weight is 448 g/mol. The van der Waals surface area contributed by atoms with Crippen LogP contribution in [0, 0.1) is 0 Å². The highest BCUT2D eigenvalue weighted by atomic mass is 16.7. The van der Waals surface area contributed by atoms with Gasteiger partial charge >= 0.3 is 0 Å². The molecule has 7 N–H and O–H groups in total. The van der Waals surface area contributed by atoms with Crippen molar-refractivity contribution in [3.05, 3.63) is 46.6 Å². The lowest BCUT2D eigenvalue weighted by molar-refractivity contribution is -0.137. The molecule has 3 aromatic rings. The maximum Gasteiger partial charge on any atom is 0.229 e. The predicted molar refractivity (Wildman–Crippen MR) is 107 cm³/mol. The number of ether oxygens (including phenoxy) is 2. The van der Waals surface area contributed by atoms with Gasteiger partial charge in [-0.05, 0) is 24.3 Å². The fourth-order valence-corrected chi connectivity index (χ4v) is 3.47. The van der Waals surface area contributed by atoms with E-state index in [0.29, 0.717) is 5.56 Å². The standard InChI is InChI=1S/C21H20O11/c22-7-13(27)18-16(28)17(29)21(31-18)32-19-12(26)5-10(24)15-11(25)6-14(30-20(15)19)8-1-3-9(23)4-2-8/h1-6,13,16-18,21-24,26-29H,7H2. The first-order chi connectivity index (χ1) is 15.2. The van der Waals surface area contributed by atoms with Crippen LogP contribution >= 0.6 is 0 Å². The molecule has 1 aromatic heterocycles. The van der Waals surface area contributed by atoms with Gasteiger partial charge in [0.15, 0.2) is 16.8 Å². The van der Waals surface area contributed by atoms with Crippen molar-refractivity contribution in [2.45, 2.75) is 30.7 Å². The topological polar surface area (TPSA) is 190 Å². The number of phenolic OH excluding ortho intramolecular Hbond substituents is 3. The number of aliphatic hydroxyl groups excluding tert-OH is 4. The third-order valence-electron chi connectivity index (χ3n) is 5.12. The summed E-state index contributed by atoms with van der Waals surface area (Å²) >= 11 is 0. The Labute approximate surface area is 179 Å². The van der Waals surface area contributed by atoms with Gasteiger partial charge in [0.2, 0.25) is 12.0 Å². The molecule has 0 aliphatic carbocycles. The molecule has 5 unspecified atom stereocenters. The van der Waals surface area contributed by atoms with E-state index in [1.54, 1.807) is 0 Å². The van der Waals surface area contributed by atoms with Gasteiger partial charge in [0.25, 0.3) is 0 Å². The van der Waals surface area contributed by atoms with Crippen LogP contribution in [0.15, 0.2) is 45.6 Å². The lowest BCUT2D eigenvalue weighted by atomic mass is 10.1. The van der Waals surface area contributed by atoms with E-state index in [4.69, 9.17) is 19.0 Å². The molecule has 1 saturated heterocycles. The second kappa shape index (κ2) is 8.30. The summed E-state index contributed by atoms with van der Waals surface area (Å²) in [7, 11) is 0. The highest BCUT2D eigenvalue weighted by Crippen LogP contribution is 2.42. The van der Waals surface area contributed by atoms with Crippen molar-refractivity contribution in [2.24, 2.45) is 0 Å². The van der Waals surface area contributed by atoms with Gasteiger partial charge in [0.1, 0.15) is 47.1 Å². The van der Waals surface area contributed by atoms with E-state index in [0.717, 1.165) is 12.1 Å². The van der Waals surface area contributed by atoms with Gasteiger partial charge in [0, 0.05) is 17.7 Å². The summed E-state index contributed by atoms with van der Waals surface area (Å²) in [6.07, 6.45) is -7.82. The highest BCUT2D eigenvalue weighted by Gasteiger charge is 2.47. The van der Waals surface area contributed by atoms with Crippen molar-refractivity contribution < 1.29 is 49.6 Å². The van der Waals surface area contributed by atoms with Gasteiger partial charge in [-0.3, -0.25) is 4.79 Å². The van der Waals surface area contributed by atoms with Crippen LogP contribution in [0.5, 0.6) is 23.0 Å². The summed E-state index contributed by atoms with van der Waals surface area (Å²) in [5.41, 5.74) is -0.637. The molecule has 1 aliphatic heterocycles. The van der Waals surface area contributed by atoms with Crippen molar-refractivity contribution in [1.29, 1.82) is 0 Å². The summed E-state index contributed by atoms with van der Waals surface area (Å²) in [6, 6.07) is 7.63. The minimum atomic E-state index is -1.68. The Bertz CT molecular complexity index is 1190. The number of aromatic hydroxyl groups is 3. The minimum Gasteiger partial charge on any atom is -0.508 e. The molecule has 4 rings (SSSR count). The lowest BCUT2D eigenvalue weighted by Gasteiger charge is -2.19. The molecule has 0 radical (unpaired) electrons. The van der Waals surface area contributed by atoms with Crippen LogP contribution in [-0.2, 0) is 4.74 Å². The zero-order chi connectivity index (χ0) is 23.2. The molecule has 0 bridgehead atoms. The van der Waals surface area contributed by atoms with Crippen LogP contribution in [0.2, 0.25) is 0 Å². The maximum absolute atomic E-state index is 12.7. The Morgan fingerprint density at radius 2 is 1.69 bits per heavy atom. The summed E-state index contributed by atoms with van der Waals surface area (Å²) in [5, 5.41) is 68.8. The van der Waals surface area contributed by atoms with Crippen LogP contribution in [0.25, 0.3) is 22.3 Å². The summed E-state index contributed by atoms with van der Waals surface area (Å²) < 4.78 is 16.5. The number of benzene rings is 2. The fraction of sp³-hybridized carbons (Fsp3) is 0.286. The Morgan fingerprint density at radius 3 is 2.34 bits per heavy atom. The Hall–Kier alpha value is -3.35. The maximum atomic E-state index is 12.7. The number of fused-ring (bicyclic) bond motifs is 1. The van der Waals surface area contributed by atoms with Gasteiger partial charge in [-0.25, -0.2) is 0 Å². The molecule has 2 aromatic carbocycles. The first-order valence-electron chi connectivity index (χ1n) is 9.50. The van der Waals surface area contributed by atoms with Crippen molar-refractivity contribution >= 4 is 11.0 Å². The van der Waals surface area contributed by atoms with E-state index in [-0.39, 0.29) is 22.5 Å². The first-order valence-corrected chi connectivity index (χ1v) is 9.50. The van der Waals surface area contributed by atoms with Gasteiger partial charge in [-0.2, -0.15) is 0 Å². The molecular formula is C21H20O11.